The summed E-state index contributed by atoms with van der Waals surface area (Å²) in [5, 5.41) is 0. The molecular weight excluding hydrogens is 495 g/mol. The number of sulfone groups is 2. The number of allylic oxidation sites excluding steroid dienone is 1. The first kappa shape index (κ1) is 28.4. The van der Waals surface area contributed by atoms with Crippen molar-refractivity contribution in [1.29, 1.82) is 0 Å². The fourth-order valence-corrected chi connectivity index (χ4v) is 8.76. The lowest BCUT2D eigenvalue weighted by Crippen LogP contribution is -2.42. The Morgan fingerprint density at radius 3 is 1.53 bits per heavy atom. The number of hydrogen-bond acceptors (Lipinski definition) is 4. The van der Waals surface area contributed by atoms with Gasteiger partial charge in [0.2, 0.25) is 19.7 Å². The lowest BCUT2D eigenvalue weighted by molar-refractivity contribution is 0.350. The van der Waals surface area contributed by atoms with E-state index >= 15 is 4.39 Å². The first-order valence-corrected chi connectivity index (χ1v) is 16.0. The van der Waals surface area contributed by atoms with Gasteiger partial charge in [-0.15, -0.1) is 5.73 Å². The molecule has 7 heteroatoms. The normalized spacial score (nSPS) is 17.5. The molecule has 0 fully saturated rings. The van der Waals surface area contributed by atoms with Crippen LogP contribution in [0.4, 0.5) is 4.39 Å². The van der Waals surface area contributed by atoms with Crippen LogP contribution in [-0.2, 0) is 19.7 Å². The van der Waals surface area contributed by atoms with Crippen molar-refractivity contribution in [3.63, 3.8) is 0 Å². The summed E-state index contributed by atoms with van der Waals surface area (Å²) in [6.07, 6.45) is 13.1. The van der Waals surface area contributed by atoms with Crippen LogP contribution in [0.2, 0.25) is 0 Å². The lowest BCUT2D eigenvalue weighted by Gasteiger charge is -2.26. The van der Waals surface area contributed by atoms with Crippen LogP contribution in [0.3, 0.4) is 0 Å². The largest absolute Gasteiger partial charge is 0.321 e. The van der Waals surface area contributed by atoms with Gasteiger partial charge in [0.15, 0.2) is 0 Å². The lowest BCUT2D eigenvalue weighted by atomic mass is 10.0. The van der Waals surface area contributed by atoms with E-state index in [4.69, 9.17) is 0 Å². The number of alkyl halides is 1. The van der Waals surface area contributed by atoms with Gasteiger partial charge in [-0.1, -0.05) is 87.8 Å². The Morgan fingerprint density at radius 1 is 0.639 bits per heavy atom. The van der Waals surface area contributed by atoms with Gasteiger partial charge in [0, 0.05) is 6.42 Å². The van der Waals surface area contributed by atoms with Gasteiger partial charge >= 0.3 is 4.33 Å². The van der Waals surface area contributed by atoms with Crippen molar-refractivity contribution in [2.24, 2.45) is 0 Å². The molecule has 0 aliphatic heterocycles. The molecule has 0 heterocycles. The molecule has 4 nitrogen and oxygen atoms in total. The Balaban J connectivity index is 2.03. The Hall–Kier alpha value is -2.21. The highest BCUT2D eigenvalue weighted by Gasteiger charge is 2.57. The van der Waals surface area contributed by atoms with Gasteiger partial charge in [-0.05, 0) is 61.6 Å². The average molecular weight is 533 g/mol. The van der Waals surface area contributed by atoms with E-state index < -0.39 is 30.4 Å². The van der Waals surface area contributed by atoms with Crippen molar-refractivity contribution in [2.45, 2.75) is 97.6 Å². The molecule has 2 aromatic carbocycles. The van der Waals surface area contributed by atoms with Crippen LogP contribution in [0.25, 0.3) is 0 Å². The fraction of sp³-hybridized carbons (Fsp3) is 0.483. The summed E-state index contributed by atoms with van der Waals surface area (Å²) < 4.78 is 68.0. The second-order valence-electron chi connectivity index (χ2n) is 9.50. The minimum absolute atomic E-state index is 0.353. The van der Waals surface area contributed by atoms with Crippen LogP contribution < -0.4 is 0 Å². The molecule has 2 aromatic rings. The molecule has 0 saturated heterocycles. The van der Waals surface area contributed by atoms with Gasteiger partial charge < -0.3 is 0 Å². The predicted octanol–water partition coefficient (Wildman–Crippen LogP) is 7.72. The van der Waals surface area contributed by atoms with Gasteiger partial charge in [-0.2, -0.15) is 0 Å². The molecule has 0 unspecified atom stereocenters. The van der Waals surface area contributed by atoms with Crippen LogP contribution in [0, 0.1) is 0 Å². The number of rotatable bonds is 6. The van der Waals surface area contributed by atoms with Gasteiger partial charge in [0.25, 0.3) is 0 Å². The first-order chi connectivity index (χ1) is 17.3. The van der Waals surface area contributed by atoms with Crippen molar-refractivity contribution in [2.75, 3.05) is 0 Å². The van der Waals surface area contributed by atoms with E-state index in [0.29, 0.717) is 12.0 Å². The Bertz CT molecular complexity index is 1160. The molecule has 36 heavy (non-hydrogen) atoms. The van der Waals surface area contributed by atoms with E-state index in [0.717, 1.165) is 44.9 Å². The van der Waals surface area contributed by atoms with Gasteiger partial charge in [0.1, 0.15) is 0 Å². The highest BCUT2D eigenvalue weighted by molar-refractivity contribution is 8.10. The molecule has 1 aliphatic carbocycles. The van der Waals surface area contributed by atoms with E-state index in [-0.39, 0.29) is 9.79 Å². The van der Waals surface area contributed by atoms with Crippen molar-refractivity contribution >= 4 is 19.7 Å². The molecule has 0 amide bonds. The SMILES string of the molecule is O=S(=O)(c1ccccc1)C(F)(CC1=C=CCCCCCCCCCCCC1)S(=O)(=O)c1ccccc1. The summed E-state index contributed by atoms with van der Waals surface area (Å²) in [5.74, 6) is 0. The monoisotopic (exact) mass is 532 g/mol. The maximum atomic E-state index is 17.0. The summed E-state index contributed by atoms with van der Waals surface area (Å²) in [6.45, 7) is 0. The zero-order chi connectivity index (χ0) is 25.9. The molecule has 1 aliphatic rings. The van der Waals surface area contributed by atoms with Gasteiger partial charge in [-0.3, -0.25) is 0 Å². The van der Waals surface area contributed by atoms with Crippen LogP contribution in [0.15, 0.2) is 87.8 Å². The average Bonchev–Trinajstić information content (AvgIpc) is 2.90. The number of halogens is 1. The van der Waals surface area contributed by atoms with Crippen LogP contribution >= 0.6 is 0 Å². The van der Waals surface area contributed by atoms with Crippen molar-refractivity contribution < 1.29 is 21.2 Å². The zero-order valence-electron chi connectivity index (χ0n) is 20.9. The van der Waals surface area contributed by atoms with Crippen LogP contribution in [0.1, 0.15) is 83.5 Å². The molecular formula is C29H37FO4S2. The van der Waals surface area contributed by atoms with E-state index in [2.05, 4.69) is 5.73 Å². The number of benzene rings is 2. The van der Waals surface area contributed by atoms with Gasteiger partial charge in [-0.25, -0.2) is 21.2 Å². The molecule has 3 rings (SSSR count). The summed E-state index contributed by atoms with van der Waals surface area (Å²) in [6, 6.07) is 14.0. The van der Waals surface area contributed by atoms with Crippen LogP contribution in [0.5, 0.6) is 0 Å². The molecule has 0 bridgehead atoms. The Morgan fingerprint density at radius 2 is 1.06 bits per heavy atom. The third-order valence-electron chi connectivity index (χ3n) is 6.72. The topological polar surface area (TPSA) is 68.3 Å². The van der Waals surface area contributed by atoms with Crippen molar-refractivity contribution in [3.05, 3.63) is 78.0 Å². The van der Waals surface area contributed by atoms with Crippen LogP contribution in [-0.4, -0.2) is 21.2 Å². The Labute approximate surface area is 216 Å². The quantitative estimate of drug-likeness (QED) is 0.357. The Kier molecular flexibility index (Phi) is 10.5. The van der Waals surface area contributed by atoms with E-state index in [1.54, 1.807) is 12.1 Å². The summed E-state index contributed by atoms with van der Waals surface area (Å²) in [5.41, 5.74) is 3.51. The van der Waals surface area contributed by atoms with Crippen molar-refractivity contribution in [1.82, 2.24) is 0 Å². The highest BCUT2D eigenvalue weighted by atomic mass is 32.3. The predicted molar refractivity (Wildman–Crippen MR) is 143 cm³/mol. The molecule has 0 saturated carbocycles. The number of hydrogen-bond donors (Lipinski definition) is 0. The maximum absolute atomic E-state index is 17.0. The summed E-state index contributed by atoms with van der Waals surface area (Å²) >= 11 is 0. The maximum Gasteiger partial charge on any atom is 0.321 e. The molecule has 0 atom stereocenters. The van der Waals surface area contributed by atoms with Gasteiger partial charge in [0.05, 0.1) is 9.79 Å². The molecule has 196 valence electrons. The second-order valence-corrected chi connectivity index (χ2v) is 14.0. The minimum atomic E-state index is -4.90. The zero-order valence-corrected chi connectivity index (χ0v) is 22.5. The summed E-state index contributed by atoms with van der Waals surface area (Å²) in [7, 11) is -9.80. The highest BCUT2D eigenvalue weighted by Crippen LogP contribution is 2.42. The standard InChI is InChI=1S/C29H37FO4S2/c30-29(35(31,32)27-21-15-11-16-22-27,36(33,34)28-23-17-12-18-24-28)25-26-19-13-9-7-5-3-1-2-4-6-8-10-14-20-26/h11-13,15-18,21-24H,1-10,14,20,25H2. The molecule has 0 spiro atoms. The fourth-order valence-electron chi connectivity index (χ4n) is 4.57. The van der Waals surface area contributed by atoms with E-state index in [1.165, 1.54) is 74.2 Å². The van der Waals surface area contributed by atoms with Crippen molar-refractivity contribution in [3.8, 4) is 0 Å². The molecule has 0 radical (unpaired) electrons. The smallest absolute Gasteiger partial charge is 0.219 e. The minimum Gasteiger partial charge on any atom is -0.219 e. The third-order valence-corrected chi connectivity index (χ3v) is 11.7. The van der Waals surface area contributed by atoms with E-state index in [1.807, 2.05) is 6.08 Å². The molecule has 0 N–H and O–H groups in total. The van der Waals surface area contributed by atoms with E-state index in [9.17, 15) is 16.8 Å². The summed E-state index contributed by atoms with van der Waals surface area (Å²) in [4.78, 5) is -0.706. The molecule has 0 aromatic heterocycles. The first-order valence-electron chi connectivity index (χ1n) is 13.0. The second kappa shape index (κ2) is 13.4. The third kappa shape index (κ3) is 6.96.